The van der Waals surface area contributed by atoms with Crippen molar-refractivity contribution in [3.8, 4) is 0 Å². The van der Waals surface area contributed by atoms with E-state index in [0.29, 0.717) is 13.1 Å². The molecule has 1 aliphatic rings. The van der Waals surface area contributed by atoms with Crippen molar-refractivity contribution in [2.24, 2.45) is 7.05 Å². The Balaban J connectivity index is 1.55. The predicted octanol–water partition coefficient (Wildman–Crippen LogP) is 0.989. The molecule has 1 N–H and O–H groups in total. The Morgan fingerprint density at radius 2 is 2.39 bits per heavy atom. The Hall–Kier alpha value is -2.38. The number of aryl methyl sites for hydroxylation is 1. The third kappa shape index (κ3) is 3.69. The van der Waals surface area contributed by atoms with E-state index in [2.05, 4.69) is 20.6 Å². The molecule has 1 aliphatic heterocycles. The summed E-state index contributed by atoms with van der Waals surface area (Å²) in [5.41, 5.74) is 0. The van der Waals surface area contributed by atoms with Crippen LogP contribution < -0.4 is 5.32 Å². The van der Waals surface area contributed by atoms with Crippen LogP contribution in [0.2, 0.25) is 0 Å². The summed E-state index contributed by atoms with van der Waals surface area (Å²) in [7, 11) is 1.94. The molecule has 2 aromatic heterocycles. The lowest BCUT2D eigenvalue weighted by atomic mass is 9.97. The molecule has 23 heavy (non-hydrogen) atoms. The highest BCUT2D eigenvalue weighted by atomic mass is 16.2. The first-order valence-electron chi connectivity index (χ1n) is 8.00. The second-order valence-corrected chi connectivity index (χ2v) is 6.16. The number of aromatic nitrogens is 5. The number of hydrogen-bond acceptors (Lipinski definition) is 4. The number of carbonyl (C=O) groups is 1. The molecule has 8 nitrogen and oxygen atoms in total. The highest BCUT2D eigenvalue weighted by molar-refractivity contribution is 5.74. The number of amides is 2. The number of hydrogen-bond donors (Lipinski definition) is 1. The molecule has 124 valence electrons. The molecule has 2 aromatic rings. The maximum absolute atomic E-state index is 12.5. The summed E-state index contributed by atoms with van der Waals surface area (Å²) in [6.45, 7) is 4.13. The molecule has 2 atom stereocenters. The van der Waals surface area contributed by atoms with Crippen LogP contribution in [0.25, 0.3) is 0 Å². The van der Waals surface area contributed by atoms with Gasteiger partial charge in [-0.25, -0.2) is 4.79 Å². The van der Waals surface area contributed by atoms with Gasteiger partial charge in [0.2, 0.25) is 0 Å². The Labute approximate surface area is 135 Å². The third-order valence-electron chi connectivity index (χ3n) is 4.21. The summed E-state index contributed by atoms with van der Waals surface area (Å²) in [6.07, 6.45) is 7.37. The number of likely N-dealkylation sites (tertiary alicyclic amines) is 1. The van der Waals surface area contributed by atoms with Crippen LogP contribution in [-0.2, 0) is 13.6 Å². The molecule has 0 aliphatic carbocycles. The average Bonchev–Trinajstić information content (AvgIpc) is 3.19. The number of nitrogens with zero attached hydrogens (tertiary/aromatic N) is 6. The maximum atomic E-state index is 12.5. The van der Waals surface area contributed by atoms with Gasteiger partial charge in [0.25, 0.3) is 0 Å². The van der Waals surface area contributed by atoms with Gasteiger partial charge in [-0.1, -0.05) is 0 Å². The quantitative estimate of drug-likeness (QED) is 0.912. The molecule has 0 saturated carbocycles. The molecule has 3 rings (SSSR count). The van der Waals surface area contributed by atoms with E-state index in [1.165, 1.54) is 0 Å². The van der Waals surface area contributed by atoms with E-state index in [9.17, 15) is 4.79 Å². The zero-order valence-corrected chi connectivity index (χ0v) is 13.6. The molecular formula is C15H23N7O. The molecule has 1 fully saturated rings. The molecule has 0 spiro atoms. The topological polar surface area (TPSA) is 80.9 Å². The normalized spacial score (nSPS) is 19.6. The Kier molecular flexibility index (Phi) is 4.59. The Morgan fingerprint density at radius 3 is 3.09 bits per heavy atom. The first-order chi connectivity index (χ1) is 11.1. The molecule has 0 aromatic carbocycles. The van der Waals surface area contributed by atoms with Gasteiger partial charge in [0.05, 0.1) is 6.54 Å². The fourth-order valence-corrected chi connectivity index (χ4v) is 3.07. The summed E-state index contributed by atoms with van der Waals surface area (Å²) in [6, 6.07) is 1.89. The minimum Gasteiger partial charge on any atom is -0.334 e. The first kappa shape index (κ1) is 15.5. The highest BCUT2D eigenvalue weighted by Gasteiger charge is 2.27. The van der Waals surface area contributed by atoms with Crippen molar-refractivity contribution in [3.63, 3.8) is 0 Å². The van der Waals surface area contributed by atoms with Crippen molar-refractivity contribution in [2.45, 2.75) is 38.3 Å². The number of urea groups is 1. The summed E-state index contributed by atoms with van der Waals surface area (Å²) in [5.74, 6) is 1.20. The van der Waals surface area contributed by atoms with Crippen molar-refractivity contribution in [2.75, 3.05) is 13.1 Å². The van der Waals surface area contributed by atoms with Gasteiger partial charge in [0.15, 0.2) is 0 Å². The zero-order valence-electron chi connectivity index (χ0n) is 13.6. The van der Waals surface area contributed by atoms with Gasteiger partial charge in [0.1, 0.15) is 12.2 Å². The van der Waals surface area contributed by atoms with Crippen LogP contribution in [0.1, 0.15) is 31.5 Å². The number of nitrogens with one attached hydrogen (secondary N) is 1. The Bertz CT molecular complexity index is 636. The van der Waals surface area contributed by atoms with E-state index in [4.69, 9.17) is 0 Å². The number of piperidine rings is 1. The van der Waals surface area contributed by atoms with Gasteiger partial charge in [-0.3, -0.25) is 4.68 Å². The fourth-order valence-electron chi connectivity index (χ4n) is 3.07. The summed E-state index contributed by atoms with van der Waals surface area (Å²) in [5, 5.41) is 15.3. The van der Waals surface area contributed by atoms with E-state index in [-0.39, 0.29) is 18.0 Å². The van der Waals surface area contributed by atoms with Crippen LogP contribution in [-0.4, -0.2) is 54.6 Å². The molecule has 2 amide bonds. The van der Waals surface area contributed by atoms with Gasteiger partial charge in [0, 0.05) is 44.5 Å². The average molecular weight is 317 g/mol. The minimum absolute atomic E-state index is 0.0171. The van der Waals surface area contributed by atoms with Crippen molar-refractivity contribution in [1.82, 2.24) is 34.8 Å². The molecule has 1 saturated heterocycles. The molecule has 0 unspecified atom stereocenters. The standard InChI is InChI=1S/C15H23N7O/c1-12(9-22-8-4-6-17-22)18-15(23)21-7-3-5-13(10-21)14-19-16-11-20(14)2/h4,6,8,11-13H,3,5,7,9-10H2,1-2H3,(H,18,23)/t12-,13-/m0/s1. The molecular weight excluding hydrogens is 294 g/mol. The number of carbonyl (C=O) groups excluding carboxylic acids is 1. The van der Waals surface area contributed by atoms with Gasteiger partial charge in [-0.15, -0.1) is 10.2 Å². The van der Waals surface area contributed by atoms with E-state index >= 15 is 0 Å². The monoisotopic (exact) mass is 317 g/mol. The van der Waals surface area contributed by atoms with Crippen LogP contribution in [0, 0.1) is 0 Å². The van der Waals surface area contributed by atoms with E-state index in [1.54, 1.807) is 12.5 Å². The van der Waals surface area contributed by atoms with Crippen molar-refractivity contribution in [3.05, 3.63) is 30.6 Å². The lowest BCUT2D eigenvalue weighted by molar-refractivity contribution is 0.173. The summed E-state index contributed by atoms with van der Waals surface area (Å²) in [4.78, 5) is 14.4. The largest absolute Gasteiger partial charge is 0.334 e. The highest BCUT2D eigenvalue weighted by Crippen LogP contribution is 2.24. The lowest BCUT2D eigenvalue weighted by Gasteiger charge is -2.33. The molecule has 0 bridgehead atoms. The molecule has 8 heteroatoms. The van der Waals surface area contributed by atoms with Crippen LogP contribution in [0.4, 0.5) is 4.79 Å². The smallest absolute Gasteiger partial charge is 0.317 e. The van der Waals surface area contributed by atoms with Crippen molar-refractivity contribution < 1.29 is 4.79 Å². The first-order valence-corrected chi connectivity index (χ1v) is 8.00. The van der Waals surface area contributed by atoms with E-state index < -0.39 is 0 Å². The number of rotatable bonds is 4. The second-order valence-electron chi connectivity index (χ2n) is 6.16. The van der Waals surface area contributed by atoms with Crippen LogP contribution >= 0.6 is 0 Å². The van der Waals surface area contributed by atoms with Gasteiger partial charge >= 0.3 is 6.03 Å². The Morgan fingerprint density at radius 1 is 1.52 bits per heavy atom. The predicted molar refractivity (Wildman–Crippen MR) is 84.8 cm³/mol. The van der Waals surface area contributed by atoms with Gasteiger partial charge in [-0.05, 0) is 25.8 Å². The maximum Gasteiger partial charge on any atom is 0.317 e. The fraction of sp³-hybridized carbons (Fsp3) is 0.600. The summed E-state index contributed by atoms with van der Waals surface area (Å²) < 4.78 is 3.76. The van der Waals surface area contributed by atoms with Crippen LogP contribution in [0.5, 0.6) is 0 Å². The zero-order chi connectivity index (χ0) is 16.2. The summed E-state index contributed by atoms with van der Waals surface area (Å²) >= 11 is 0. The van der Waals surface area contributed by atoms with Gasteiger partial charge in [-0.2, -0.15) is 5.10 Å². The molecule has 0 radical (unpaired) electrons. The van der Waals surface area contributed by atoms with Crippen molar-refractivity contribution >= 4 is 6.03 Å². The van der Waals surface area contributed by atoms with Crippen LogP contribution in [0.3, 0.4) is 0 Å². The van der Waals surface area contributed by atoms with E-state index in [0.717, 1.165) is 25.2 Å². The van der Waals surface area contributed by atoms with Gasteiger partial charge < -0.3 is 14.8 Å². The minimum atomic E-state index is -0.0171. The van der Waals surface area contributed by atoms with E-state index in [1.807, 2.05) is 40.4 Å². The SMILES string of the molecule is C[C@@H](Cn1cccn1)NC(=O)N1CCC[C@H](c2nncn2C)C1. The molecule has 3 heterocycles. The van der Waals surface area contributed by atoms with Crippen LogP contribution in [0.15, 0.2) is 24.8 Å². The second kappa shape index (κ2) is 6.80. The lowest BCUT2D eigenvalue weighted by Crippen LogP contribution is -2.48. The third-order valence-corrected chi connectivity index (χ3v) is 4.21. The van der Waals surface area contributed by atoms with Crippen molar-refractivity contribution in [1.29, 1.82) is 0 Å².